The van der Waals surface area contributed by atoms with Crippen LogP contribution in [0.3, 0.4) is 0 Å². The van der Waals surface area contributed by atoms with Crippen molar-refractivity contribution in [3.05, 3.63) is 83.7 Å². The number of fused-ring (bicyclic) bond motifs is 2. The predicted molar refractivity (Wildman–Crippen MR) is 124 cm³/mol. The number of para-hydroxylation sites is 2. The zero-order valence-electron chi connectivity index (χ0n) is 18.5. The van der Waals surface area contributed by atoms with Crippen LogP contribution in [0, 0.1) is 5.82 Å². The van der Waals surface area contributed by atoms with Crippen LogP contribution in [0.2, 0.25) is 0 Å². The Labute approximate surface area is 191 Å². The van der Waals surface area contributed by atoms with E-state index in [0.29, 0.717) is 42.4 Å². The number of carbonyl (C=O) groups is 1. The van der Waals surface area contributed by atoms with Crippen molar-refractivity contribution in [3.8, 4) is 17.2 Å². The van der Waals surface area contributed by atoms with E-state index in [1.165, 1.54) is 12.1 Å². The molecule has 0 saturated carbocycles. The Morgan fingerprint density at radius 2 is 1.91 bits per heavy atom. The van der Waals surface area contributed by atoms with Gasteiger partial charge in [0.05, 0.1) is 12.7 Å². The van der Waals surface area contributed by atoms with Crippen molar-refractivity contribution < 1.29 is 18.7 Å². The van der Waals surface area contributed by atoms with E-state index in [4.69, 9.17) is 14.5 Å². The molecule has 0 spiro atoms. The molecule has 7 heteroatoms. The molecule has 1 fully saturated rings. The van der Waals surface area contributed by atoms with E-state index in [0.717, 1.165) is 17.1 Å². The summed E-state index contributed by atoms with van der Waals surface area (Å²) in [5.74, 6) is 2.27. The van der Waals surface area contributed by atoms with Crippen molar-refractivity contribution >= 4 is 17.4 Å². The van der Waals surface area contributed by atoms with Crippen LogP contribution in [0.5, 0.6) is 17.2 Å². The molecule has 1 amide bonds. The summed E-state index contributed by atoms with van der Waals surface area (Å²) in [4.78, 5) is 21.9. The van der Waals surface area contributed by atoms with Gasteiger partial charge in [-0.2, -0.15) is 0 Å². The summed E-state index contributed by atoms with van der Waals surface area (Å²) in [5, 5.41) is 0. The number of carbonyl (C=O) groups excluding carboxylic acids is 1. The summed E-state index contributed by atoms with van der Waals surface area (Å²) in [6.07, 6.45) is 0. The van der Waals surface area contributed by atoms with Gasteiger partial charge in [-0.3, -0.25) is 4.79 Å². The van der Waals surface area contributed by atoms with Crippen LogP contribution in [0.25, 0.3) is 0 Å². The molecule has 1 unspecified atom stereocenters. The van der Waals surface area contributed by atoms with Gasteiger partial charge < -0.3 is 19.3 Å². The molecule has 5 rings (SSSR count). The van der Waals surface area contributed by atoms with E-state index >= 15 is 0 Å². The Morgan fingerprint density at radius 1 is 1.06 bits per heavy atom. The fourth-order valence-corrected chi connectivity index (χ4v) is 4.31. The molecule has 2 aliphatic rings. The van der Waals surface area contributed by atoms with Crippen LogP contribution >= 0.6 is 0 Å². The smallest absolute Gasteiger partial charge is 0.254 e. The first-order chi connectivity index (χ1) is 16.0. The van der Waals surface area contributed by atoms with Crippen LogP contribution in [0.4, 0.5) is 10.1 Å². The molecular weight excluding hydrogens is 421 g/mol. The zero-order valence-corrected chi connectivity index (χ0v) is 18.5. The van der Waals surface area contributed by atoms with E-state index in [-0.39, 0.29) is 11.9 Å². The Bertz CT molecular complexity index is 1240. The first-order valence-corrected chi connectivity index (χ1v) is 10.9. The molecule has 0 aliphatic carbocycles. The van der Waals surface area contributed by atoms with Crippen molar-refractivity contribution in [1.82, 2.24) is 9.80 Å². The number of methoxy groups -OCH3 is 1. The number of amidine groups is 1. The lowest BCUT2D eigenvalue weighted by molar-refractivity contribution is 0.0581. The van der Waals surface area contributed by atoms with Gasteiger partial charge in [-0.25, -0.2) is 9.38 Å². The van der Waals surface area contributed by atoms with E-state index in [9.17, 15) is 9.18 Å². The van der Waals surface area contributed by atoms with Gasteiger partial charge >= 0.3 is 0 Å². The Balaban J connectivity index is 1.46. The Hall–Kier alpha value is -3.87. The molecule has 3 aromatic rings. The normalized spacial score (nSPS) is 17.3. The van der Waals surface area contributed by atoms with E-state index in [1.807, 2.05) is 49.4 Å². The highest BCUT2D eigenvalue weighted by atomic mass is 19.1. The highest BCUT2D eigenvalue weighted by Gasteiger charge is 2.32. The number of piperazine rings is 1. The van der Waals surface area contributed by atoms with Crippen molar-refractivity contribution in [2.24, 2.45) is 4.99 Å². The van der Waals surface area contributed by atoms with Gasteiger partial charge in [-0.05, 0) is 49.4 Å². The lowest BCUT2D eigenvalue weighted by Crippen LogP contribution is -2.55. The monoisotopic (exact) mass is 445 g/mol. The maximum Gasteiger partial charge on any atom is 0.254 e. The average molecular weight is 445 g/mol. The quantitative estimate of drug-likeness (QED) is 0.565. The first kappa shape index (κ1) is 21.0. The van der Waals surface area contributed by atoms with E-state index in [2.05, 4.69) is 4.90 Å². The summed E-state index contributed by atoms with van der Waals surface area (Å²) in [5.41, 5.74) is 1.97. The van der Waals surface area contributed by atoms with Gasteiger partial charge in [0, 0.05) is 37.3 Å². The van der Waals surface area contributed by atoms with Crippen molar-refractivity contribution in [2.45, 2.75) is 13.0 Å². The molecule has 1 saturated heterocycles. The fraction of sp³-hybridized carbons (Fsp3) is 0.231. The third kappa shape index (κ3) is 4.02. The highest BCUT2D eigenvalue weighted by molar-refractivity contribution is 6.04. The third-order valence-corrected chi connectivity index (χ3v) is 6.00. The molecule has 0 N–H and O–H groups in total. The maximum atomic E-state index is 13.6. The standard InChI is InChI=1S/C26H24FN3O3/c1-17-16-29(12-13-30(17)26(31)18-6-5-7-19(27)14-18)25-21-11-10-20(32-2)15-24(21)33-23-9-4-3-8-22(23)28-25/h3-11,14-15,17H,12-13,16H2,1-2H3. The van der Waals surface area contributed by atoms with Crippen molar-refractivity contribution in [2.75, 3.05) is 26.7 Å². The highest BCUT2D eigenvalue weighted by Crippen LogP contribution is 2.39. The van der Waals surface area contributed by atoms with Gasteiger partial charge in [-0.15, -0.1) is 0 Å². The lowest BCUT2D eigenvalue weighted by Gasteiger charge is -2.41. The van der Waals surface area contributed by atoms with Gasteiger partial charge in [-0.1, -0.05) is 18.2 Å². The molecule has 0 radical (unpaired) electrons. The number of hydrogen-bond acceptors (Lipinski definition) is 5. The molecule has 0 bridgehead atoms. The average Bonchev–Trinajstić information content (AvgIpc) is 2.99. The van der Waals surface area contributed by atoms with Gasteiger partial charge in [0.25, 0.3) is 5.91 Å². The van der Waals surface area contributed by atoms with Gasteiger partial charge in [0.2, 0.25) is 0 Å². The summed E-state index contributed by atoms with van der Waals surface area (Å²) in [6, 6.07) is 19.1. The third-order valence-electron chi connectivity index (χ3n) is 6.00. The largest absolute Gasteiger partial charge is 0.497 e. The molecule has 0 aromatic heterocycles. The van der Waals surface area contributed by atoms with Crippen LogP contribution < -0.4 is 9.47 Å². The first-order valence-electron chi connectivity index (χ1n) is 10.9. The van der Waals surface area contributed by atoms with E-state index in [1.54, 1.807) is 24.1 Å². The second-order valence-corrected chi connectivity index (χ2v) is 8.17. The minimum Gasteiger partial charge on any atom is -0.497 e. The minimum absolute atomic E-state index is 0.0849. The zero-order chi connectivity index (χ0) is 22.9. The maximum absolute atomic E-state index is 13.6. The Morgan fingerprint density at radius 3 is 2.70 bits per heavy atom. The van der Waals surface area contributed by atoms with Crippen LogP contribution in [0.1, 0.15) is 22.8 Å². The lowest BCUT2D eigenvalue weighted by atomic mass is 10.1. The topological polar surface area (TPSA) is 54.4 Å². The molecule has 168 valence electrons. The fourth-order valence-electron chi connectivity index (χ4n) is 4.31. The van der Waals surface area contributed by atoms with Crippen molar-refractivity contribution in [3.63, 3.8) is 0 Å². The number of rotatable bonds is 2. The van der Waals surface area contributed by atoms with Gasteiger partial charge in [0.1, 0.15) is 28.8 Å². The molecule has 2 heterocycles. The summed E-state index contributed by atoms with van der Waals surface area (Å²) in [6.45, 7) is 3.69. The molecule has 6 nitrogen and oxygen atoms in total. The van der Waals surface area contributed by atoms with E-state index < -0.39 is 5.82 Å². The second kappa shape index (κ2) is 8.58. The molecule has 3 aromatic carbocycles. The molecule has 1 atom stereocenters. The minimum atomic E-state index is -0.411. The van der Waals surface area contributed by atoms with Crippen LogP contribution in [-0.2, 0) is 0 Å². The number of ether oxygens (including phenoxy) is 2. The summed E-state index contributed by atoms with van der Waals surface area (Å²) < 4.78 is 25.2. The molecular formula is C26H24FN3O3. The van der Waals surface area contributed by atoms with Crippen molar-refractivity contribution in [1.29, 1.82) is 0 Å². The Kier molecular flexibility index (Phi) is 5.46. The number of nitrogens with zero attached hydrogens (tertiary/aromatic N) is 3. The summed E-state index contributed by atoms with van der Waals surface area (Å²) in [7, 11) is 1.62. The summed E-state index contributed by atoms with van der Waals surface area (Å²) >= 11 is 0. The van der Waals surface area contributed by atoms with Crippen LogP contribution in [0.15, 0.2) is 71.7 Å². The van der Waals surface area contributed by atoms with Gasteiger partial charge in [0.15, 0.2) is 5.75 Å². The molecule has 2 aliphatic heterocycles. The SMILES string of the molecule is COc1ccc2c(c1)Oc1ccccc1N=C2N1CCN(C(=O)c2cccc(F)c2)C(C)C1. The number of amides is 1. The van der Waals surface area contributed by atoms with Crippen LogP contribution in [-0.4, -0.2) is 54.3 Å². The second-order valence-electron chi connectivity index (χ2n) is 8.17. The predicted octanol–water partition coefficient (Wildman–Crippen LogP) is 4.86. The molecule has 33 heavy (non-hydrogen) atoms. The number of hydrogen-bond donors (Lipinski definition) is 0. The number of benzene rings is 3. The number of aliphatic imine (C=N–C) groups is 1. The number of halogens is 1.